The molecular weight excluding hydrogens is 347 g/mol. The zero-order chi connectivity index (χ0) is 19.0. The minimum atomic E-state index is -5.14. The third kappa shape index (κ3) is 3.40. The summed E-state index contributed by atoms with van der Waals surface area (Å²) >= 11 is 0. The lowest BCUT2D eigenvalue weighted by atomic mass is 10.1. The highest BCUT2D eigenvalue weighted by Crippen LogP contribution is 2.40. The number of aliphatic hydroxyl groups is 1. The maximum atomic E-state index is 13.1. The Balaban J connectivity index is 2.27. The molecule has 25 heavy (non-hydrogen) atoms. The van der Waals surface area contributed by atoms with Crippen molar-refractivity contribution in [3.63, 3.8) is 0 Å². The highest BCUT2D eigenvalue weighted by molar-refractivity contribution is 5.90. The minimum absolute atomic E-state index is 0.0816. The van der Waals surface area contributed by atoms with Crippen LogP contribution in [0.25, 0.3) is 0 Å². The first kappa shape index (κ1) is 18.6. The van der Waals surface area contributed by atoms with E-state index in [1.54, 1.807) is 0 Å². The number of halogens is 3. The molecule has 1 aromatic rings. The summed E-state index contributed by atoms with van der Waals surface area (Å²) in [5.74, 6) is -1.57. The third-order valence-electron chi connectivity index (χ3n) is 3.50. The van der Waals surface area contributed by atoms with Crippen LogP contribution in [0.3, 0.4) is 0 Å². The van der Waals surface area contributed by atoms with E-state index in [9.17, 15) is 33.2 Å². The van der Waals surface area contributed by atoms with Gasteiger partial charge < -0.3 is 9.84 Å². The maximum absolute atomic E-state index is 13.1. The molecule has 1 aliphatic rings. The first-order valence-electron chi connectivity index (χ1n) is 7.04. The summed E-state index contributed by atoms with van der Waals surface area (Å²) in [5, 5.41) is 24.2. The van der Waals surface area contributed by atoms with Crippen LogP contribution < -0.4 is 4.74 Å². The van der Waals surface area contributed by atoms with E-state index in [4.69, 9.17) is 4.74 Å². The number of rotatable bonds is 4. The Hall–Kier alpha value is -2.69. The van der Waals surface area contributed by atoms with Gasteiger partial charge in [0.25, 0.3) is 11.6 Å². The van der Waals surface area contributed by atoms with Crippen LogP contribution in [0.15, 0.2) is 29.4 Å². The van der Waals surface area contributed by atoms with E-state index < -0.39 is 40.9 Å². The van der Waals surface area contributed by atoms with E-state index in [0.717, 1.165) is 13.0 Å². The second-order valence-corrected chi connectivity index (χ2v) is 5.46. The van der Waals surface area contributed by atoms with Gasteiger partial charge in [-0.25, -0.2) is 0 Å². The van der Waals surface area contributed by atoms with E-state index in [1.807, 2.05) is 0 Å². The third-order valence-corrected chi connectivity index (χ3v) is 3.50. The average molecular weight is 361 g/mol. The lowest BCUT2D eigenvalue weighted by Crippen LogP contribution is -2.58. The minimum Gasteiger partial charge on any atom is -0.474 e. The predicted molar refractivity (Wildman–Crippen MR) is 78.8 cm³/mol. The fourth-order valence-electron chi connectivity index (χ4n) is 2.29. The molecule has 2 rings (SSSR count). The molecule has 0 aliphatic carbocycles. The molecule has 1 N–H and O–H groups in total. The highest BCUT2D eigenvalue weighted by atomic mass is 19.4. The topological polar surface area (TPSA) is 105 Å². The van der Waals surface area contributed by atoms with E-state index in [-0.39, 0.29) is 16.5 Å². The smallest absolute Gasteiger partial charge is 0.438 e. The summed E-state index contributed by atoms with van der Waals surface area (Å²) in [6, 6.07) is 5.10. The van der Waals surface area contributed by atoms with Crippen molar-refractivity contribution in [3.05, 3.63) is 34.4 Å². The summed E-state index contributed by atoms with van der Waals surface area (Å²) in [4.78, 5) is 22.5. The molecule has 1 heterocycles. The van der Waals surface area contributed by atoms with Crippen molar-refractivity contribution < 1.29 is 32.7 Å². The summed E-state index contributed by atoms with van der Waals surface area (Å²) in [5.41, 5.74) is -4.02. The van der Waals surface area contributed by atoms with Gasteiger partial charge in [0.05, 0.1) is 4.92 Å². The number of ether oxygens (including phenoxy) is 1. The Morgan fingerprint density at radius 1 is 1.48 bits per heavy atom. The Labute approximate surface area is 139 Å². The maximum Gasteiger partial charge on any atom is 0.438 e. The van der Waals surface area contributed by atoms with Crippen LogP contribution in [0.5, 0.6) is 5.75 Å². The number of nitrogens with zero attached hydrogens (tertiary/aromatic N) is 3. The Bertz CT molecular complexity index is 737. The summed E-state index contributed by atoms with van der Waals surface area (Å²) < 4.78 is 44.6. The van der Waals surface area contributed by atoms with Gasteiger partial charge in [0.2, 0.25) is 0 Å². The van der Waals surface area contributed by atoms with E-state index in [1.165, 1.54) is 25.1 Å². The van der Waals surface area contributed by atoms with Crippen molar-refractivity contribution >= 4 is 17.3 Å². The summed E-state index contributed by atoms with van der Waals surface area (Å²) in [6.45, 7) is 2.34. The van der Waals surface area contributed by atoms with Gasteiger partial charge in [0, 0.05) is 18.2 Å². The van der Waals surface area contributed by atoms with Crippen molar-refractivity contribution in [1.29, 1.82) is 0 Å². The average Bonchev–Trinajstić information content (AvgIpc) is 2.82. The molecule has 1 amide bonds. The number of carbonyl (C=O) groups excluding carboxylic acids is 1. The molecule has 0 saturated carbocycles. The van der Waals surface area contributed by atoms with Crippen molar-refractivity contribution in [3.8, 4) is 5.75 Å². The van der Waals surface area contributed by atoms with E-state index in [2.05, 4.69) is 5.10 Å². The fraction of sp³-hybridized carbons (Fsp3) is 0.429. The standard InChI is InChI=1S/C14H14F3N3O5/c1-8-7-13(22,14(15,16)17)19(18-8)12(21)9(2)25-11-6-4-3-5-10(11)20(23)24/h3-6,9,22H,7H2,1-2H3. The molecule has 136 valence electrons. The number of hydrogen-bond donors (Lipinski definition) is 1. The lowest BCUT2D eigenvalue weighted by molar-refractivity contribution is -0.386. The number of amides is 1. The predicted octanol–water partition coefficient (Wildman–Crippen LogP) is 2.22. The second-order valence-electron chi connectivity index (χ2n) is 5.46. The number of nitro benzene ring substituents is 1. The van der Waals surface area contributed by atoms with Gasteiger partial charge in [-0.1, -0.05) is 12.1 Å². The Morgan fingerprint density at radius 2 is 2.08 bits per heavy atom. The van der Waals surface area contributed by atoms with Crippen LogP contribution in [0, 0.1) is 10.1 Å². The van der Waals surface area contributed by atoms with Gasteiger partial charge in [0.15, 0.2) is 11.9 Å². The summed E-state index contributed by atoms with van der Waals surface area (Å²) in [6.07, 6.45) is -7.58. The summed E-state index contributed by atoms with van der Waals surface area (Å²) in [7, 11) is 0. The van der Waals surface area contributed by atoms with E-state index >= 15 is 0 Å². The molecule has 0 fully saturated rings. The zero-order valence-corrected chi connectivity index (χ0v) is 13.1. The van der Waals surface area contributed by atoms with Crippen LogP contribution in [-0.2, 0) is 4.79 Å². The molecule has 1 aliphatic heterocycles. The number of alkyl halides is 3. The number of carbonyl (C=O) groups is 1. The second kappa shape index (κ2) is 6.31. The highest BCUT2D eigenvalue weighted by Gasteiger charge is 2.63. The van der Waals surface area contributed by atoms with Crippen LogP contribution in [0.1, 0.15) is 20.3 Å². The monoisotopic (exact) mass is 361 g/mol. The van der Waals surface area contributed by atoms with Gasteiger partial charge in [-0.15, -0.1) is 0 Å². The van der Waals surface area contributed by atoms with Crippen LogP contribution in [0.2, 0.25) is 0 Å². The molecule has 0 saturated heterocycles. The molecular formula is C14H14F3N3O5. The Morgan fingerprint density at radius 3 is 2.64 bits per heavy atom. The van der Waals surface area contributed by atoms with E-state index in [0.29, 0.717) is 0 Å². The number of hydrazone groups is 1. The quantitative estimate of drug-likeness (QED) is 0.654. The van der Waals surface area contributed by atoms with Crippen molar-refractivity contribution in [1.82, 2.24) is 5.01 Å². The molecule has 1 aromatic carbocycles. The molecule has 0 radical (unpaired) electrons. The fourth-order valence-corrected chi connectivity index (χ4v) is 2.29. The number of nitro groups is 1. The van der Waals surface area contributed by atoms with Crippen molar-refractivity contribution in [2.45, 2.75) is 38.3 Å². The van der Waals surface area contributed by atoms with Gasteiger partial charge in [0.1, 0.15) is 0 Å². The molecule has 2 atom stereocenters. The zero-order valence-electron chi connectivity index (χ0n) is 13.1. The van der Waals surface area contributed by atoms with Crippen molar-refractivity contribution in [2.75, 3.05) is 0 Å². The van der Waals surface area contributed by atoms with Gasteiger partial charge in [-0.2, -0.15) is 23.3 Å². The lowest BCUT2D eigenvalue weighted by Gasteiger charge is -2.33. The molecule has 0 bridgehead atoms. The number of para-hydroxylation sites is 2. The van der Waals surface area contributed by atoms with Gasteiger partial charge in [-0.05, 0) is 19.9 Å². The van der Waals surface area contributed by atoms with Crippen LogP contribution >= 0.6 is 0 Å². The van der Waals surface area contributed by atoms with Crippen molar-refractivity contribution in [2.24, 2.45) is 5.10 Å². The first-order valence-corrected chi connectivity index (χ1v) is 7.04. The molecule has 11 heteroatoms. The van der Waals surface area contributed by atoms with Crippen LogP contribution in [-0.4, -0.2) is 44.7 Å². The normalized spacial score (nSPS) is 21.7. The van der Waals surface area contributed by atoms with Crippen LogP contribution in [0.4, 0.5) is 18.9 Å². The van der Waals surface area contributed by atoms with Gasteiger partial charge >= 0.3 is 11.9 Å². The molecule has 0 spiro atoms. The molecule has 0 aromatic heterocycles. The Kier molecular flexibility index (Phi) is 4.71. The van der Waals surface area contributed by atoms with Gasteiger partial charge in [-0.3, -0.25) is 14.9 Å². The molecule has 2 unspecified atom stereocenters. The number of hydrogen-bond acceptors (Lipinski definition) is 6. The largest absolute Gasteiger partial charge is 0.474 e. The number of benzene rings is 1. The molecule has 8 nitrogen and oxygen atoms in total. The SMILES string of the molecule is CC1=NN(C(=O)C(C)Oc2ccccc2[N+](=O)[O-])C(O)(C(F)(F)F)C1. The first-order chi connectivity index (χ1) is 11.5.